The van der Waals surface area contributed by atoms with E-state index in [9.17, 15) is 9.59 Å². The number of carboxylic acid groups (broad SMARTS) is 1. The van der Waals surface area contributed by atoms with E-state index in [1.165, 1.54) is 12.1 Å². The minimum Gasteiger partial charge on any atom is -0.478 e. The van der Waals surface area contributed by atoms with Crippen LogP contribution in [0.5, 0.6) is 0 Å². The molecular weight excluding hydrogens is 324 g/mol. The predicted molar refractivity (Wildman–Crippen MR) is 80.1 cm³/mol. The first kappa shape index (κ1) is 14.8. The number of rotatable bonds is 2. The lowest BCUT2D eigenvalue weighted by Gasteiger charge is -2.31. The number of carbonyl (C=O) groups is 2. The van der Waals surface area contributed by atoms with Crippen molar-refractivity contribution in [2.24, 2.45) is 0 Å². The number of anilines is 1. The Balaban J connectivity index is 2.14. The molecule has 20 heavy (non-hydrogen) atoms. The zero-order valence-electron chi connectivity index (χ0n) is 11.4. The molecule has 2 amide bonds. The molecule has 1 saturated heterocycles. The van der Waals surface area contributed by atoms with E-state index in [1.54, 1.807) is 6.07 Å². The fraction of sp³-hybridized carbons (Fsp3) is 0.429. The molecule has 0 unspecified atom stereocenters. The van der Waals surface area contributed by atoms with E-state index in [1.807, 2.05) is 18.7 Å². The lowest BCUT2D eigenvalue weighted by atomic mass is 10.0. The van der Waals surface area contributed by atoms with Crippen molar-refractivity contribution in [3.05, 3.63) is 28.2 Å². The molecule has 0 aliphatic carbocycles. The summed E-state index contributed by atoms with van der Waals surface area (Å²) in [4.78, 5) is 25.0. The molecule has 1 aromatic carbocycles. The van der Waals surface area contributed by atoms with Gasteiger partial charge in [-0.3, -0.25) is 0 Å². The second-order valence-electron chi connectivity index (χ2n) is 5.50. The van der Waals surface area contributed by atoms with Gasteiger partial charge in [0, 0.05) is 16.6 Å². The van der Waals surface area contributed by atoms with Crippen LogP contribution in [0, 0.1) is 0 Å². The summed E-state index contributed by atoms with van der Waals surface area (Å²) in [5.41, 5.74) is 0.608. The number of aromatic carboxylic acids is 1. The van der Waals surface area contributed by atoms with E-state index in [0.29, 0.717) is 10.2 Å². The summed E-state index contributed by atoms with van der Waals surface area (Å²) in [7, 11) is 0. The zero-order valence-corrected chi connectivity index (χ0v) is 13.0. The molecule has 108 valence electrons. The molecule has 0 bridgehead atoms. The third kappa shape index (κ3) is 2.95. The number of benzene rings is 1. The molecule has 1 heterocycles. The fourth-order valence-electron chi connectivity index (χ4n) is 2.42. The maximum Gasteiger partial charge on any atom is 0.335 e. The van der Waals surface area contributed by atoms with E-state index in [-0.39, 0.29) is 17.1 Å². The largest absolute Gasteiger partial charge is 0.478 e. The Morgan fingerprint density at radius 2 is 2.10 bits per heavy atom. The standard InChI is InChI=1S/C14H17BrN2O3/c1-14(2)6-3-7-17(14)13(20)16-11-5-4-9(12(18)19)8-10(11)15/h4-5,8H,3,6-7H2,1-2H3,(H,16,20)(H,18,19). The van der Waals surface area contributed by atoms with Gasteiger partial charge in [0.25, 0.3) is 0 Å². The van der Waals surface area contributed by atoms with E-state index in [4.69, 9.17) is 5.11 Å². The molecule has 0 spiro atoms. The molecule has 2 N–H and O–H groups in total. The number of likely N-dealkylation sites (tertiary alicyclic amines) is 1. The van der Waals surface area contributed by atoms with Gasteiger partial charge in [0.1, 0.15) is 0 Å². The highest BCUT2D eigenvalue weighted by molar-refractivity contribution is 9.10. The molecule has 1 aromatic rings. The Labute approximate surface area is 126 Å². The van der Waals surface area contributed by atoms with Gasteiger partial charge in [0.05, 0.1) is 11.3 Å². The Morgan fingerprint density at radius 1 is 1.40 bits per heavy atom. The van der Waals surface area contributed by atoms with Crippen molar-refractivity contribution in [2.45, 2.75) is 32.2 Å². The second-order valence-corrected chi connectivity index (χ2v) is 6.35. The number of nitrogens with zero attached hydrogens (tertiary/aromatic N) is 1. The molecule has 6 heteroatoms. The summed E-state index contributed by atoms with van der Waals surface area (Å²) < 4.78 is 0.558. The highest BCUT2D eigenvalue weighted by Gasteiger charge is 2.35. The van der Waals surface area contributed by atoms with Gasteiger partial charge in [-0.15, -0.1) is 0 Å². The van der Waals surface area contributed by atoms with Gasteiger partial charge in [0.2, 0.25) is 0 Å². The van der Waals surface area contributed by atoms with Crippen LogP contribution in [0.15, 0.2) is 22.7 Å². The Bertz CT molecular complexity index is 557. The molecule has 0 aromatic heterocycles. The normalized spacial score (nSPS) is 17.1. The van der Waals surface area contributed by atoms with Crippen LogP contribution in [0.25, 0.3) is 0 Å². The number of carboxylic acids is 1. The molecule has 5 nitrogen and oxygen atoms in total. The maximum atomic E-state index is 12.3. The molecule has 1 fully saturated rings. The third-order valence-corrected chi connectivity index (χ3v) is 4.26. The average Bonchev–Trinajstić information content (AvgIpc) is 2.71. The molecule has 2 rings (SSSR count). The van der Waals surface area contributed by atoms with Crippen LogP contribution >= 0.6 is 15.9 Å². The lowest BCUT2D eigenvalue weighted by Crippen LogP contribution is -2.45. The van der Waals surface area contributed by atoms with Crippen LogP contribution in [-0.4, -0.2) is 34.1 Å². The van der Waals surface area contributed by atoms with Gasteiger partial charge in [-0.05, 0) is 60.8 Å². The quantitative estimate of drug-likeness (QED) is 0.864. The zero-order chi connectivity index (χ0) is 14.9. The first-order valence-corrected chi connectivity index (χ1v) is 7.22. The van der Waals surface area contributed by atoms with Crippen LogP contribution in [0.3, 0.4) is 0 Å². The number of hydrogen-bond acceptors (Lipinski definition) is 2. The number of urea groups is 1. The van der Waals surface area contributed by atoms with E-state index in [2.05, 4.69) is 21.2 Å². The van der Waals surface area contributed by atoms with E-state index < -0.39 is 5.97 Å². The second kappa shape index (κ2) is 5.44. The van der Waals surface area contributed by atoms with Crippen molar-refractivity contribution < 1.29 is 14.7 Å². The number of hydrogen-bond donors (Lipinski definition) is 2. The SMILES string of the molecule is CC1(C)CCCN1C(=O)Nc1ccc(C(=O)O)cc1Br. The van der Waals surface area contributed by atoms with Crippen LogP contribution in [0.4, 0.5) is 10.5 Å². The number of halogens is 1. The van der Waals surface area contributed by atoms with Gasteiger partial charge in [0.15, 0.2) is 0 Å². The summed E-state index contributed by atoms with van der Waals surface area (Å²) in [5.74, 6) is -0.996. The molecule has 1 aliphatic rings. The fourth-order valence-corrected chi connectivity index (χ4v) is 2.89. The summed E-state index contributed by atoms with van der Waals surface area (Å²) in [6.45, 7) is 4.83. The van der Waals surface area contributed by atoms with Crippen LogP contribution in [0.2, 0.25) is 0 Å². The van der Waals surface area contributed by atoms with Crippen molar-refractivity contribution in [3.63, 3.8) is 0 Å². The van der Waals surface area contributed by atoms with Crippen molar-refractivity contribution in [3.8, 4) is 0 Å². The van der Waals surface area contributed by atoms with Crippen molar-refractivity contribution in [1.29, 1.82) is 0 Å². The van der Waals surface area contributed by atoms with Crippen LogP contribution in [-0.2, 0) is 0 Å². The lowest BCUT2D eigenvalue weighted by molar-refractivity contribution is 0.0697. The van der Waals surface area contributed by atoms with Crippen LogP contribution < -0.4 is 5.32 Å². The summed E-state index contributed by atoms with van der Waals surface area (Å²) in [6.07, 6.45) is 1.99. The van der Waals surface area contributed by atoms with Gasteiger partial charge in [-0.2, -0.15) is 0 Å². The predicted octanol–water partition coefficient (Wildman–Crippen LogP) is 3.55. The summed E-state index contributed by atoms with van der Waals surface area (Å²) in [6, 6.07) is 4.38. The Hall–Kier alpha value is -1.56. The minimum absolute atomic E-state index is 0.141. The maximum absolute atomic E-state index is 12.3. The first-order chi connectivity index (χ1) is 9.31. The topological polar surface area (TPSA) is 69.6 Å². The van der Waals surface area contributed by atoms with Gasteiger partial charge < -0.3 is 15.3 Å². The average molecular weight is 341 g/mol. The Kier molecular flexibility index (Phi) is 4.04. The molecule has 0 saturated carbocycles. The third-order valence-electron chi connectivity index (χ3n) is 3.60. The molecular formula is C14H17BrN2O3. The highest BCUT2D eigenvalue weighted by Crippen LogP contribution is 2.30. The molecule has 1 aliphatic heterocycles. The molecule has 0 atom stereocenters. The van der Waals surface area contributed by atoms with Crippen molar-refractivity contribution in [1.82, 2.24) is 4.90 Å². The monoisotopic (exact) mass is 340 g/mol. The highest BCUT2D eigenvalue weighted by atomic mass is 79.9. The number of carbonyl (C=O) groups excluding carboxylic acids is 1. The van der Waals surface area contributed by atoms with Gasteiger partial charge in [-0.25, -0.2) is 9.59 Å². The van der Waals surface area contributed by atoms with Crippen molar-refractivity contribution >= 4 is 33.6 Å². The van der Waals surface area contributed by atoms with Crippen LogP contribution in [0.1, 0.15) is 37.0 Å². The number of nitrogens with one attached hydrogen (secondary N) is 1. The van der Waals surface area contributed by atoms with E-state index >= 15 is 0 Å². The first-order valence-electron chi connectivity index (χ1n) is 6.43. The van der Waals surface area contributed by atoms with E-state index in [0.717, 1.165) is 19.4 Å². The number of amides is 2. The molecule has 0 radical (unpaired) electrons. The van der Waals surface area contributed by atoms with Gasteiger partial charge in [-0.1, -0.05) is 0 Å². The smallest absolute Gasteiger partial charge is 0.335 e. The van der Waals surface area contributed by atoms with Crippen molar-refractivity contribution in [2.75, 3.05) is 11.9 Å². The summed E-state index contributed by atoms with van der Waals surface area (Å²) in [5, 5.41) is 11.7. The summed E-state index contributed by atoms with van der Waals surface area (Å²) >= 11 is 3.28. The minimum atomic E-state index is -0.996. The van der Waals surface area contributed by atoms with Gasteiger partial charge >= 0.3 is 12.0 Å². The Morgan fingerprint density at radius 3 is 2.60 bits per heavy atom.